The van der Waals surface area contributed by atoms with Crippen molar-refractivity contribution in [2.24, 2.45) is 4.99 Å². The lowest BCUT2D eigenvalue weighted by Crippen LogP contribution is -2.33. The van der Waals surface area contributed by atoms with Gasteiger partial charge in [0.1, 0.15) is 12.3 Å². The van der Waals surface area contributed by atoms with Crippen molar-refractivity contribution < 1.29 is 22.6 Å². The minimum Gasteiger partial charge on any atom is -0.748 e. The molecule has 7 heteroatoms. The molecule has 0 aromatic heterocycles. The maximum atomic E-state index is 10.4. The molecule has 0 bridgehead atoms. The highest BCUT2D eigenvalue weighted by Crippen LogP contribution is 2.18. The van der Waals surface area contributed by atoms with Gasteiger partial charge in [0.15, 0.2) is 0 Å². The molecule has 0 atom stereocenters. The van der Waals surface area contributed by atoms with Crippen LogP contribution in [-0.2, 0) is 16.7 Å². The van der Waals surface area contributed by atoms with E-state index in [0.717, 1.165) is 16.6 Å². The minimum absolute atomic E-state index is 0.0730. The smallest absolute Gasteiger partial charge is 0.124 e. The second-order valence-corrected chi connectivity index (χ2v) is 7.16. The van der Waals surface area contributed by atoms with E-state index in [4.69, 9.17) is 0 Å². The van der Waals surface area contributed by atoms with Crippen LogP contribution in [0.2, 0.25) is 0 Å². The molecule has 0 aliphatic rings. The zero-order valence-corrected chi connectivity index (χ0v) is 12.7. The Kier molecular flexibility index (Phi) is 5.27. The van der Waals surface area contributed by atoms with Crippen LogP contribution in [0.1, 0.15) is 11.1 Å². The second kappa shape index (κ2) is 6.34. The van der Waals surface area contributed by atoms with Gasteiger partial charge < -0.3 is 14.1 Å². The van der Waals surface area contributed by atoms with Crippen molar-refractivity contribution >= 4 is 16.3 Å². The summed E-state index contributed by atoms with van der Waals surface area (Å²) in [6, 6.07) is 5.21. The Balaban J connectivity index is 2.79. The average Bonchev–Trinajstić information content (AvgIpc) is 2.25. The topological polar surface area (TPSA) is 89.8 Å². The van der Waals surface area contributed by atoms with E-state index in [1.807, 2.05) is 6.07 Å². The van der Waals surface area contributed by atoms with E-state index in [1.165, 1.54) is 6.21 Å². The molecule has 0 aliphatic carbocycles. The Bertz CT molecular complexity index is 589. The molecule has 0 saturated heterocycles. The van der Waals surface area contributed by atoms with Crippen molar-refractivity contribution in [3.63, 3.8) is 0 Å². The average molecular weight is 300 g/mol. The lowest BCUT2D eigenvalue weighted by molar-refractivity contribution is -0.884. The van der Waals surface area contributed by atoms with Crippen LogP contribution in [0.4, 0.5) is 0 Å². The van der Waals surface area contributed by atoms with Crippen molar-refractivity contribution in [2.75, 3.05) is 33.4 Å². The summed E-state index contributed by atoms with van der Waals surface area (Å²) in [7, 11) is 1.92. The number of hydrogen-bond donors (Lipinski definition) is 1. The van der Waals surface area contributed by atoms with Crippen molar-refractivity contribution in [2.45, 2.75) is 6.54 Å². The van der Waals surface area contributed by atoms with E-state index in [1.54, 1.807) is 12.1 Å². The Morgan fingerprint density at radius 3 is 2.55 bits per heavy atom. The summed E-state index contributed by atoms with van der Waals surface area (Å²) in [6.07, 6.45) is 1.39. The third-order valence-electron chi connectivity index (χ3n) is 2.45. The molecule has 0 amide bonds. The van der Waals surface area contributed by atoms with Gasteiger partial charge in [-0.2, -0.15) is 0 Å². The van der Waals surface area contributed by atoms with E-state index in [0.29, 0.717) is 5.56 Å². The van der Waals surface area contributed by atoms with Crippen molar-refractivity contribution in [1.82, 2.24) is 0 Å². The van der Waals surface area contributed by atoms with Gasteiger partial charge in [0, 0.05) is 17.3 Å². The number of rotatable bonds is 6. The predicted molar refractivity (Wildman–Crippen MR) is 76.9 cm³/mol. The first-order valence-corrected chi connectivity index (χ1v) is 7.70. The Morgan fingerprint density at radius 2 is 2.00 bits per heavy atom. The maximum absolute atomic E-state index is 10.4. The van der Waals surface area contributed by atoms with Crippen LogP contribution in [0.25, 0.3) is 0 Å². The summed E-state index contributed by atoms with van der Waals surface area (Å²) in [5.74, 6) is -0.466. The van der Waals surface area contributed by atoms with Crippen LogP contribution in [0, 0.1) is 0 Å². The number of aliphatic imine (C=N–C) groups is 1. The number of phenolic OH excluding ortho intramolecular Hbond substituents is 1. The number of phenols is 1. The van der Waals surface area contributed by atoms with E-state index in [2.05, 4.69) is 26.1 Å². The molecule has 1 aromatic rings. The maximum Gasteiger partial charge on any atom is 0.124 e. The molecule has 6 nitrogen and oxygen atoms in total. The van der Waals surface area contributed by atoms with Gasteiger partial charge in [0.05, 0.1) is 43.6 Å². The van der Waals surface area contributed by atoms with Gasteiger partial charge in [-0.05, 0) is 18.2 Å². The van der Waals surface area contributed by atoms with E-state index in [-0.39, 0.29) is 12.3 Å². The molecule has 0 spiro atoms. The molecule has 1 N–H and O–H groups in total. The van der Waals surface area contributed by atoms with Crippen molar-refractivity contribution in [3.05, 3.63) is 29.3 Å². The molecule has 1 aromatic carbocycles. The molecular formula is C13H20N2O4S. The predicted octanol–water partition coefficient (Wildman–Crippen LogP) is 0.562. The zero-order valence-electron chi connectivity index (χ0n) is 11.9. The van der Waals surface area contributed by atoms with Crippen molar-refractivity contribution in [3.8, 4) is 5.75 Å². The Morgan fingerprint density at radius 1 is 1.35 bits per heavy atom. The highest BCUT2D eigenvalue weighted by Gasteiger charge is 2.10. The van der Waals surface area contributed by atoms with E-state index in [9.17, 15) is 18.1 Å². The van der Waals surface area contributed by atoms with Crippen LogP contribution < -0.4 is 0 Å². The van der Waals surface area contributed by atoms with Crippen LogP contribution in [0.3, 0.4) is 0 Å². The van der Waals surface area contributed by atoms with Gasteiger partial charge >= 0.3 is 0 Å². The number of aromatic hydroxyl groups is 1. The van der Waals surface area contributed by atoms with Crippen molar-refractivity contribution in [1.29, 1.82) is 0 Å². The molecule has 0 aliphatic heterocycles. The van der Waals surface area contributed by atoms with Gasteiger partial charge in [0.25, 0.3) is 0 Å². The summed E-state index contributed by atoms with van der Waals surface area (Å²) >= 11 is 0. The first-order valence-electron chi connectivity index (χ1n) is 6.12. The van der Waals surface area contributed by atoms with Gasteiger partial charge in [-0.15, -0.1) is 0 Å². The largest absolute Gasteiger partial charge is 0.748 e. The lowest BCUT2D eigenvalue weighted by atomic mass is 10.1. The second-order valence-electron chi connectivity index (χ2n) is 5.64. The Hall–Kier alpha value is -1.44. The SMILES string of the molecule is C[N+](C)(C)Cc1ccc(O)c(C=NCCS(=O)(=O)[O-])c1. The molecule has 0 unspecified atom stereocenters. The summed E-state index contributed by atoms with van der Waals surface area (Å²) in [5, 5.41) is 9.72. The summed E-state index contributed by atoms with van der Waals surface area (Å²) < 4.78 is 32.1. The number of hydrogen-bond acceptors (Lipinski definition) is 5. The van der Waals surface area contributed by atoms with E-state index < -0.39 is 15.9 Å². The molecule has 0 heterocycles. The van der Waals surface area contributed by atoms with Crippen LogP contribution in [0.5, 0.6) is 5.75 Å². The molecule has 0 radical (unpaired) electrons. The highest BCUT2D eigenvalue weighted by atomic mass is 32.2. The molecule has 0 saturated carbocycles. The molecule has 0 fully saturated rings. The first kappa shape index (κ1) is 16.6. The van der Waals surface area contributed by atoms with Crippen LogP contribution in [-0.4, -0.2) is 62.2 Å². The monoisotopic (exact) mass is 300 g/mol. The van der Waals surface area contributed by atoms with Gasteiger partial charge in [-0.1, -0.05) is 0 Å². The van der Waals surface area contributed by atoms with Crippen LogP contribution >= 0.6 is 0 Å². The van der Waals surface area contributed by atoms with Gasteiger partial charge in [0.2, 0.25) is 0 Å². The summed E-state index contributed by atoms with van der Waals surface area (Å²) in [4.78, 5) is 3.86. The van der Waals surface area contributed by atoms with E-state index >= 15 is 0 Å². The number of quaternary nitrogens is 1. The first-order chi connectivity index (χ1) is 9.07. The molecule has 112 valence electrons. The highest BCUT2D eigenvalue weighted by molar-refractivity contribution is 7.85. The third kappa shape index (κ3) is 6.65. The number of benzene rings is 1. The normalized spacial score (nSPS) is 13.0. The molecule has 20 heavy (non-hydrogen) atoms. The fourth-order valence-electron chi connectivity index (χ4n) is 1.68. The quantitative estimate of drug-likeness (QED) is 0.472. The van der Waals surface area contributed by atoms with Gasteiger partial charge in [-0.25, -0.2) is 8.42 Å². The van der Waals surface area contributed by atoms with Gasteiger partial charge in [-0.3, -0.25) is 4.99 Å². The Labute approximate surface area is 119 Å². The molecule has 1 rings (SSSR count). The number of nitrogens with zero attached hydrogens (tertiary/aromatic N) is 2. The zero-order chi connectivity index (χ0) is 15.4. The fourth-order valence-corrected chi connectivity index (χ4v) is 2.01. The summed E-state index contributed by atoms with van der Waals surface area (Å²) in [6.45, 7) is 0.681. The molecular weight excluding hydrogens is 280 g/mol. The van der Waals surface area contributed by atoms with Crippen LogP contribution in [0.15, 0.2) is 23.2 Å². The summed E-state index contributed by atoms with van der Waals surface area (Å²) in [5.41, 5.74) is 1.55. The lowest BCUT2D eigenvalue weighted by Gasteiger charge is -2.24. The third-order valence-corrected chi connectivity index (χ3v) is 3.13. The fraction of sp³-hybridized carbons (Fsp3) is 0.462. The standard InChI is InChI=1S/C13H20N2O4S/c1-15(2,3)10-11-4-5-13(16)12(8-11)9-14-6-7-20(17,18)19/h4-5,8-9H,6-7,10H2,1-3H3,(H-,14,16,17,18,19). The minimum atomic E-state index is -4.25.